The Bertz CT molecular complexity index is 871. The molecule has 0 radical (unpaired) electrons. The third-order valence-corrected chi connectivity index (χ3v) is 3.72. The normalized spacial score (nSPS) is 10.2. The molecule has 7 nitrogen and oxygen atoms in total. The fourth-order valence-electron chi connectivity index (χ4n) is 2.37. The second kappa shape index (κ2) is 8.57. The SMILES string of the molecule is COc1ccccc1CNC(=O)c1ccnc(NCc2ccncc2)n1. The molecule has 1 aromatic carbocycles. The number of methoxy groups -OCH3 is 1. The van der Waals surface area contributed by atoms with Crippen LogP contribution in [-0.2, 0) is 13.1 Å². The highest BCUT2D eigenvalue weighted by atomic mass is 16.5. The van der Waals surface area contributed by atoms with Gasteiger partial charge in [-0.15, -0.1) is 0 Å². The minimum atomic E-state index is -0.273. The van der Waals surface area contributed by atoms with Crippen molar-refractivity contribution in [3.63, 3.8) is 0 Å². The highest BCUT2D eigenvalue weighted by molar-refractivity contribution is 5.92. The van der Waals surface area contributed by atoms with Gasteiger partial charge < -0.3 is 15.4 Å². The van der Waals surface area contributed by atoms with Gasteiger partial charge in [0, 0.05) is 37.2 Å². The van der Waals surface area contributed by atoms with E-state index in [0.29, 0.717) is 24.7 Å². The first-order valence-electron chi connectivity index (χ1n) is 8.12. The number of rotatable bonds is 7. The number of pyridine rings is 1. The number of carbonyl (C=O) groups is 1. The van der Waals surface area contributed by atoms with E-state index in [4.69, 9.17) is 4.74 Å². The minimum Gasteiger partial charge on any atom is -0.496 e. The smallest absolute Gasteiger partial charge is 0.270 e. The molecule has 0 fully saturated rings. The number of carbonyl (C=O) groups excluding carboxylic acids is 1. The summed E-state index contributed by atoms with van der Waals surface area (Å²) < 4.78 is 5.29. The first-order valence-corrected chi connectivity index (χ1v) is 8.12. The molecular weight excluding hydrogens is 330 g/mol. The predicted molar refractivity (Wildman–Crippen MR) is 97.8 cm³/mol. The number of nitrogens with one attached hydrogen (secondary N) is 2. The molecule has 7 heteroatoms. The number of ether oxygens (including phenoxy) is 1. The van der Waals surface area contributed by atoms with Crippen molar-refractivity contribution in [1.82, 2.24) is 20.3 Å². The summed E-state index contributed by atoms with van der Waals surface area (Å²) in [6.07, 6.45) is 5.00. The van der Waals surface area contributed by atoms with Crippen molar-refractivity contribution in [2.45, 2.75) is 13.1 Å². The minimum absolute atomic E-state index is 0.273. The van der Waals surface area contributed by atoms with Crippen LogP contribution in [0.3, 0.4) is 0 Å². The van der Waals surface area contributed by atoms with E-state index in [1.807, 2.05) is 36.4 Å². The lowest BCUT2D eigenvalue weighted by Gasteiger charge is -2.10. The molecule has 3 rings (SSSR count). The number of benzene rings is 1. The summed E-state index contributed by atoms with van der Waals surface area (Å²) >= 11 is 0. The molecule has 0 spiro atoms. The van der Waals surface area contributed by atoms with Crippen molar-refractivity contribution in [3.05, 3.63) is 77.9 Å². The van der Waals surface area contributed by atoms with Crippen LogP contribution in [0, 0.1) is 0 Å². The molecule has 132 valence electrons. The number of nitrogens with zero attached hydrogens (tertiary/aromatic N) is 3. The Balaban J connectivity index is 1.61. The number of amides is 1. The van der Waals surface area contributed by atoms with Crippen LogP contribution in [-0.4, -0.2) is 28.0 Å². The molecule has 0 unspecified atom stereocenters. The van der Waals surface area contributed by atoms with Crippen molar-refractivity contribution < 1.29 is 9.53 Å². The largest absolute Gasteiger partial charge is 0.496 e. The van der Waals surface area contributed by atoms with Gasteiger partial charge in [0.05, 0.1) is 7.11 Å². The Morgan fingerprint density at radius 1 is 1.04 bits per heavy atom. The van der Waals surface area contributed by atoms with Crippen molar-refractivity contribution in [1.29, 1.82) is 0 Å². The molecular formula is C19H19N5O2. The van der Waals surface area contributed by atoms with Gasteiger partial charge >= 0.3 is 0 Å². The first kappa shape index (κ1) is 17.3. The van der Waals surface area contributed by atoms with Gasteiger partial charge in [-0.05, 0) is 29.8 Å². The summed E-state index contributed by atoms with van der Waals surface area (Å²) in [4.78, 5) is 24.7. The molecule has 2 aromatic heterocycles. The molecule has 0 bridgehead atoms. The molecule has 0 saturated carbocycles. The van der Waals surface area contributed by atoms with Crippen LogP contribution >= 0.6 is 0 Å². The number of para-hydroxylation sites is 1. The van der Waals surface area contributed by atoms with E-state index < -0.39 is 0 Å². The average molecular weight is 349 g/mol. The molecule has 0 aliphatic carbocycles. The number of aromatic nitrogens is 3. The molecule has 0 aliphatic heterocycles. The van der Waals surface area contributed by atoms with Crippen molar-refractivity contribution in [3.8, 4) is 5.75 Å². The Morgan fingerprint density at radius 3 is 2.65 bits per heavy atom. The van der Waals surface area contributed by atoms with Gasteiger partial charge in [0.1, 0.15) is 11.4 Å². The Morgan fingerprint density at radius 2 is 1.85 bits per heavy atom. The second-order valence-electron chi connectivity index (χ2n) is 5.47. The summed E-state index contributed by atoms with van der Waals surface area (Å²) in [5.74, 6) is 0.854. The number of anilines is 1. The molecule has 0 atom stereocenters. The quantitative estimate of drug-likeness (QED) is 0.681. The van der Waals surface area contributed by atoms with Crippen molar-refractivity contribution in [2.24, 2.45) is 0 Å². The van der Waals surface area contributed by atoms with Gasteiger partial charge in [0.2, 0.25) is 5.95 Å². The lowest BCUT2D eigenvalue weighted by molar-refractivity contribution is 0.0945. The summed E-state index contributed by atoms with van der Waals surface area (Å²) in [6.45, 7) is 0.904. The van der Waals surface area contributed by atoms with E-state index in [-0.39, 0.29) is 5.91 Å². The van der Waals surface area contributed by atoms with Gasteiger partial charge in [-0.3, -0.25) is 9.78 Å². The zero-order valence-electron chi connectivity index (χ0n) is 14.3. The maximum atomic E-state index is 12.4. The van der Waals surface area contributed by atoms with Gasteiger partial charge in [0.15, 0.2) is 0 Å². The van der Waals surface area contributed by atoms with E-state index in [2.05, 4.69) is 25.6 Å². The van der Waals surface area contributed by atoms with Gasteiger partial charge in [0.25, 0.3) is 5.91 Å². The highest BCUT2D eigenvalue weighted by Crippen LogP contribution is 2.16. The average Bonchev–Trinajstić information content (AvgIpc) is 2.71. The fourth-order valence-corrected chi connectivity index (χ4v) is 2.37. The van der Waals surface area contributed by atoms with Gasteiger partial charge in [-0.2, -0.15) is 0 Å². The van der Waals surface area contributed by atoms with E-state index in [9.17, 15) is 4.79 Å². The molecule has 2 N–H and O–H groups in total. The Labute approximate surface area is 151 Å². The Hall–Kier alpha value is -3.48. The monoisotopic (exact) mass is 349 g/mol. The van der Waals surface area contributed by atoms with Crippen LogP contribution in [0.5, 0.6) is 5.75 Å². The van der Waals surface area contributed by atoms with E-state index in [1.54, 1.807) is 31.8 Å². The standard InChI is InChI=1S/C19H19N5O2/c1-26-17-5-3-2-4-15(17)13-22-18(25)16-8-11-21-19(24-16)23-12-14-6-9-20-10-7-14/h2-11H,12-13H2,1H3,(H,22,25)(H,21,23,24). The molecule has 1 amide bonds. The first-order chi connectivity index (χ1) is 12.8. The second-order valence-corrected chi connectivity index (χ2v) is 5.47. The van der Waals surface area contributed by atoms with E-state index in [0.717, 1.165) is 16.9 Å². The van der Waals surface area contributed by atoms with Crippen LogP contribution in [0.1, 0.15) is 21.6 Å². The molecule has 0 saturated heterocycles. The summed E-state index contributed by atoms with van der Waals surface area (Å²) in [5.41, 5.74) is 2.25. The molecule has 26 heavy (non-hydrogen) atoms. The zero-order valence-corrected chi connectivity index (χ0v) is 14.3. The summed E-state index contributed by atoms with van der Waals surface area (Å²) in [5, 5.41) is 5.94. The topological polar surface area (TPSA) is 89.0 Å². The van der Waals surface area contributed by atoms with Crippen LogP contribution in [0.4, 0.5) is 5.95 Å². The van der Waals surface area contributed by atoms with Crippen LogP contribution in [0.2, 0.25) is 0 Å². The molecule has 2 heterocycles. The highest BCUT2D eigenvalue weighted by Gasteiger charge is 2.10. The maximum Gasteiger partial charge on any atom is 0.270 e. The number of hydrogen-bond acceptors (Lipinski definition) is 6. The lowest BCUT2D eigenvalue weighted by Crippen LogP contribution is -2.24. The van der Waals surface area contributed by atoms with E-state index in [1.165, 1.54) is 0 Å². The van der Waals surface area contributed by atoms with Gasteiger partial charge in [-0.1, -0.05) is 18.2 Å². The fraction of sp³-hybridized carbons (Fsp3) is 0.158. The third-order valence-electron chi connectivity index (χ3n) is 3.72. The summed E-state index contributed by atoms with van der Waals surface area (Å²) in [6, 6.07) is 12.9. The molecule has 3 aromatic rings. The zero-order chi connectivity index (χ0) is 18.2. The van der Waals surface area contributed by atoms with Crippen molar-refractivity contribution >= 4 is 11.9 Å². The van der Waals surface area contributed by atoms with Crippen LogP contribution in [0.15, 0.2) is 61.1 Å². The Kier molecular flexibility index (Phi) is 5.72. The lowest BCUT2D eigenvalue weighted by atomic mass is 10.2. The number of hydrogen-bond donors (Lipinski definition) is 2. The van der Waals surface area contributed by atoms with E-state index >= 15 is 0 Å². The van der Waals surface area contributed by atoms with Crippen LogP contribution in [0.25, 0.3) is 0 Å². The maximum absolute atomic E-state index is 12.4. The predicted octanol–water partition coefficient (Wildman–Crippen LogP) is 2.42. The van der Waals surface area contributed by atoms with Crippen molar-refractivity contribution in [2.75, 3.05) is 12.4 Å². The van der Waals surface area contributed by atoms with Crippen LogP contribution < -0.4 is 15.4 Å². The summed E-state index contributed by atoms with van der Waals surface area (Å²) in [7, 11) is 1.60. The third kappa shape index (κ3) is 4.54. The molecule has 0 aliphatic rings. The van der Waals surface area contributed by atoms with Gasteiger partial charge in [-0.25, -0.2) is 9.97 Å².